The molecule has 0 radical (unpaired) electrons. The summed E-state index contributed by atoms with van der Waals surface area (Å²) in [4.78, 5) is 14.8. The first-order valence-corrected chi connectivity index (χ1v) is 10.7. The van der Waals surface area contributed by atoms with Crippen molar-refractivity contribution < 1.29 is 4.79 Å². The van der Waals surface area contributed by atoms with Gasteiger partial charge in [0.2, 0.25) is 5.91 Å². The Morgan fingerprint density at radius 1 is 1.10 bits per heavy atom. The van der Waals surface area contributed by atoms with Crippen molar-refractivity contribution in [3.05, 3.63) is 89.1 Å². The van der Waals surface area contributed by atoms with E-state index in [0.29, 0.717) is 13.1 Å². The minimum Gasteiger partial charge on any atom is -0.341 e. The number of rotatable bonds is 6. The summed E-state index contributed by atoms with van der Waals surface area (Å²) in [6.45, 7) is 1.12. The van der Waals surface area contributed by atoms with Crippen LogP contribution < -0.4 is 0 Å². The molecule has 1 aliphatic rings. The molecule has 4 nitrogen and oxygen atoms in total. The minimum absolute atomic E-state index is 0.0818. The molecule has 1 aliphatic carbocycles. The maximum atomic E-state index is 12.9. The number of hydrogen-bond donors (Lipinski definition) is 0. The topological polar surface area (TPSA) is 38.1 Å². The average molecular weight is 420 g/mol. The van der Waals surface area contributed by atoms with E-state index in [0.717, 1.165) is 46.7 Å². The molecule has 0 bridgehead atoms. The summed E-state index contributed by atoms with van der Waals surface area (Å²) >= 11 is 6.35. The molecule has 0 saturated heterocycles. The number of benzene rings is 2. The van der Waals surface area contributed by atoms with Crippen molar-refractivity contribution in [2.75, 3.05) is 7.05 Å². The lowest BCUT2D eigenvalue weighted by atomic mass is 9.93. The number of amides is 1. The number of hydrogen-bond acceptors (Lipinski definition) is 2. The van der Waals surface area contributed by atoms with Gasteiger partial charge in [-0.25, -0.2) is 0 Å². The van der Waals surface area contributed by atoms with E-state index in [1.807, 2.05) is 65.3 Å². The highest BCUT2D eigenvalue weighted by Gasteiger charge is 2.23. The second-order valence-electron chi connectivity index (χ2n) is 7.83. The van der Waals surface area contributed by atoms with Crippen LogP contribution in [0.2, 0.25) is 5.02 Å². The Morgan fingerprint density at radius 3 is 2.60 bits per heavy atom. The second-order valence-corrected chi connectivity index (χ2v) is 8.24. The normalized spacial score (nSPS) is 15.9. The number of carbonyl (C=O) groups excluding carboxylic acids is 1. The molecule has 30 heavy (non-hydrogen) atoms. The van der Waals surface area contributed by atoms with E-state index in [-0.39, 0.29) is 11.8 Å². The second kappa shape index (κ2) is 9.31. The summed E-state index contributed by atoms with van der Waals surface area (Å²) in [5.74, 6) is 0.288. The van der Waals surface area contributed by atoms with Crippen LogP contribution in [0.3, 0.4) is 0 Å². The number of allylic oxidation sites excluding steroid dienone is 2. The summed E-state index contributed by atoms with van der Waals surface area (Å²) in [5, 5.41) is 5.58. The van der Waals surface area contributed by atoms with Gasteiger partial charge in [-0.15, -0.1) is 0 Å². The first kappa shape index (κ1) is 20.4. The van der Waals surface area contributed by atoms with Gasteiger partial charge in [-0.1, -0.05) is 72.3 Å². The molecule has 0 fully saturated rings. The Balaban J connectivity index is 1.60. The van der Waals surface area contributed by atoms with Gasteiger partial charge in [0.15, 0.2) is 0 Å². The van der Waals surface area contributed by atoms with Crippen molar-refractivity contribution in [3.63, 3.8) is 0 Å². The lowest BCUT2D eigenvalue weighted by Gasteiger charge is -2.24. The fourth-order valence-electron chi connectivity index (χ4n) is 3.96. The molecule has 1 aromatic heterocycles. The Hall–Kier alpha value is -2.85. The molecule has 2 aromatic carbocycles. The van der Waals surface area contributed by atoms with Crippen LogP contribution in [0.5, 0.6) is 0 Å². The van der Waals surface area contributed by atoms with Gasteiger partial charge in [0.25, 0.3) is 0 Å². The number of carbonyl (C=O) groups is 1. The molecule has 4 rings (SSSR count). The number of halogens is 1. The molecule has 0 spiro atoms. The first-order chi connectivity index (χ1) is 14.6. The van der Waals surface area contributed by atoms with Crippen LogP contribution in [0.15, 0.2) is 72.9 Å². The highest BCUT2D eigenvalue weighted by molar-refractivity contribution is 6.31. The lowest BCUT2D eigenvalue weighted by Crippen LogP contribution is -2.33. The minimum atomic E-state index is 0.0818. The predicted octanol–water partition coefficient (Wildman–Crippen LogP) is 5.57. The number of aromatic nitrogens is 2. The van der Waals surface area contributed by atoms with Gasteiger partial charge in [0.1, 0.15) is 0 Å². The van der Waals surface area contributed by atoms with Crippen molar-refractivity contribution >= 4 is 17.5 Å². The molecule has 3 aromatic rings. The Kier molecular flexibility index (Phi) is 6.34. The number of nitrogens with zero attached hydrogens (tertiary/aromatic N) is 3. The maximum absolute atomic E-state index is 12.9. The van der Waals surface area contributed by atoms with E-state index in [1.165, 1.54) is 0 Å². The van der Waals surface area contributed by atoms with Crippen molar-refractivity contribution in [2.24, 2.45) is 5.92 Å². The third-order valence-corrected chi connectivity index (χ3v) is 5.95. The van der Waals surface area contributed by atoms with Gasteiger partial charge in [-0.2, -0.15) is 5.10 Å². The van der Waals surface area contributed by atoms with Crippen LogP contribution in [0.1, 0.15) is 30.4 Å². The summed E-state index contributed by atoms with van der Waals surface area (Å²) in [5.41, 5.74) is 4.01. The molecule has 1 atom stereocenters. The third kappa shape index (κ3) is 4.65. The predicted molar refractivity (Wildman–Crippen MR) is 121 cm³/mol. The van der Waals surface area contributed by atoms with Crippen molar-refractivity contribution in [2.45, 2.75) is 32.4 Å². The van der Waals surface area contributed by atoms with Gasteiger partial charge >= 0.3 is 0 Å². The van der Waals surface area contributed by atoms with Crippen LogP contribution in [0, 0.1) is 5.92 Å². The van der Waals surface area contributed by atoms with Gasteiger partial charge < -0.3 is 4.90 Å². The quantitative estimate of drug-likeness (QED) is 0.490. The van der Waals surface area contributed by atoms with Gasteiger partial charge in [-0.3, -0.25) is 9.48 Å². The van der Waals surface area contributed by atoms with Crippen LogP contribution >= 0.6 is 11.6 Å². The molecular formula is C25H26ClN3O. The largest absolute Gasteiger partial charge is 0.341 e. The van der Waals surface area contributed by atoms with Crippen LogP contribution in [0.25, 0.3) is 11.3 Å². The van der Waals surface area contributed by atoms with Crippen molar-refractivity contribution in [1.29, 1.82) is 0 Å². The highest BCUT2D eigenvalue weighted by atomic mass is 35.5. The van der Waals surface area contributed by atoms with E-state index in [9.17, 15) is 4.79 Å². The summed E-state index contributed by atoms with van der Waals surface area (Å²) in [6.07, 6.45) is 9.07. The van der Waals surface area contributed by atoms with Crippen LogP contribution in [-0.2, 0) is 17.9 Å². The van der Waals surface area contributed by atoms with Crippen molar-refractivity contribution in [1.82, 2.24) is 14.7 Å². The first-order valence-electron chi connectivity index (χ1n) is 10.4. The standard InChI is InChI=1S/C25H26ClN3O/c1-28(25(30)20-12-6-3-7-13-20)16-22-18-29(17-21-14-8-9-15-23(21)26)27-24(22)19-10-4-2-5-11-19/h2-6,8-11,14-15,18,20H,7,12-13,16-17H2,1H3. The van der Waals surface area contributed by atoms with Crippen molar-refractivity contribution in [3.8, 4) is 11.3 Å². The molecule has 1 unspecified atom stereocenters. The Bertz CT molecular complexity index is 1040. The zero-order chi connectivity index (χ0) is 20.9. The highest BCUT2D eigenvalue weighted by Crippen LogP contribution is 2.26. The van der Waals surface area contributed by atoms with Crippen LogP contribution in [-0.4, -0.2) is 27.6 Å². The van der Waals surface area contributed by atoms with Gasteiger partial charge in [0.05, 0.1) is 12.2 Å². The van der Waals surface area contributed by atoms with E-state index in [2.05, 4.69) is 24.3 Å². The molecule has 154 valence electrons. The molecular weight excluding hydrogens is 394 g/mol. The molecule has 1 amide bonds. The Labute approximate surface area is 182 Å². The van der Waals surface area contributed by atoms with Gasteiger partial charge in [-0.05, 0) is 30.9 Å². The lowest BCUT2D eigenvalue weighted by molar-refractivity contribution is -0.134. The summed E-state index contributed by atoms with van der Waals surface area (Å²) < 4.78 is 1.92. The summed E-state index contributed by atoms with van der Waals surface area (Å²) in [6, 6.07) is 17.9. The molecule has 0 saturated carbocycles. The summed E-state index contributed by atoms with van der Waals surface area (Å²) in [7, 11) is 1.89. The van der Waals surface area contributed by atoms with E-state index in [1.54, 1.807) is 0 Å². The zero-order valence-corrected chi connectivity index (χ0v) is 17.9. The molecule has 0 N–H and O–H groups in total. The fourth-order valence-corrected chi connectivity index (χ4v) is 4.16. The van der Waals surface area contributed by atoms with E-state index in [4.69, 9.17) is 16.7 Å². The molecule has 1 heterocycles. The fraction of sp³-hybridized carbons (Fsp3) is 0.280. The zero-order valence-electron chi connectivity index (χ0n) is 17.2. The average Bonchev–Trinajstić information content (AvgIpc) is 3.18. The van der Waals surface area contributed by atoms with E-state index >= 15 is 0 Å². The molecule has 5 heteroatoms. The third-order valence-electron chi connectivity index (χ3n) is 5.58. The smallest absolute Gasteiger partial charge is 0.226 e. The Morgan fingerprint density at radius 2 is 1.87 bits per heavy atom. The molecule has 0 aliphatic heterocycles. The van der Waals surface area contributed by atoms with E-state index < -0.39 is 0 Å². The van der Waals surface area contributed by atoms with Crippen LogP contribution in [0.4, 0.5) is 0 Å². The monoisotopic (exact) mass is 419 g/mol. The van der Waals surface area contributed by atoms with Gasteiger partial charge in [0, 0.05) is 41.9 Å². The SMILES string of the molecule is CN(Cc1cn(Cc2ccccc2Cl)nc1-c1ccccc1)C(=O)C1CC=CCC1. The maximum Gasteiger partial charge on any atom is 0.226 e.